The second-order valence-corrected chi connectivity index (χ2v) is 5.98. The van der Waals surface area contributed by atoms with Crippen LogP contribution in [0.15, 0.2) is 30.3 Å². The molecule has 0 saturated carbocycles. The Morgan fingerprint density at radius 2 is 1.80 bits per heavy atom. The van der Waals surface area contributed by atoms with Crippen molar-refractivity contribution in [3.63, 3.8) is 0 Å². The minimum absolute atomic E-state index is 0.149. The van der Waals surface area contributed by atoms with Crippen LogP contribution in [-0.4, -0.2) is 22.8 Å². The molecule has 2 atom stereocenters. The van der Waals surface area contributed by atoms with Crippen LogP contribution in [0.25, 0.3) is 0 Å². The van der Waals surface area contributed by atoms with Crippen molar-refractivity contribution in [1.82, 2.24) is 0 Å². The smallest absolute Gasteiger partial charge is 0.306 e. The molecule has 0 fully saturated rings. The summed E-state index contributed by atoms with van der Waals surface area (Å²) in [5.41, 5.74) is 1.06. The number of aliphatic carboxylic acids is 1. The normalized spacial score (nSPS) is 14.2. The lowest BCUT2D eigenvalue weighted by Gasteiger charge is -2.19. The molecule has 2 N–H and O–H groups in total. The first-order valence-electron chi connectivity index (χ1n) is 7.40. The van der Waals surface area contributed by atoms with E-state index in [0.717, 1.165) is 18.4 Å². The third-order valence-electron chi connectivity index (χ3n) is 3.66. The van der Waals surface area contributed by atoms with Crippen LogP contribution in [0.5, 0.6) is 0 Å². The van der Waals surface area contributed by atoms with Gasteiger partial charge in [0, 0.05) is 6.61 Å². The van der Waals surface area contributed by atoms with Crippen LogP contribution >= 0.6 is 0 Å². The molecule has 0 amide bonds. The molecule has 1 aromatic carbocycles. The Kier molecular flexibility index (Phi) is 7.31. The van der Waals surface area contributed by atoms with E-state index < -0.39 is 5.97 Å². The van der Waals surface area contributed by atoms with Crippen molar-refractivity contribution in [3.8, 4) is 0 Å². The molecule has 20 heavy (non-hydrogen) atoms. The molecule has 0 aliphatic carbocycles. The van der Waals surface area contributed by atoms with E-state index in [0.29, 0.717) is 18.8 Å². The van der Waals surface area contributed by atoms with Gasteiger partial charge in [-0.2, -0.15) is 0 Å². The summed E-state index contributed by atoms with van der Waals surface area (Å²) in [7, 11) is 0. The first-order valence-corrected chi connectivity index (χ1v) is 7.40. The van der Waals surface area contributed by atoms with Crippen LogP contribution in [0, 0.1) is 17.8 Å². The highest BCUT2D eigenvalue weighted by Crippen LogP contribution is 2.22. The van der Waals surface area contributed by atoms with E-state index in [-0.39, 0.29) is 18.4 Å². The first kappa shape index (κ1) is 16.7. The molecule has 0 bridgehead atoms. The fourth-order valence-electron chi connectivity index (χ4n) is 2.60. The van der Waals surface area contributed by atoms with Gasteiger partial charge in [0.2, 0.25) is 0 Å². The Labute approximate surface area is 121 Å². The molecule has 0 aliphatic heterocycles. The zero-order chi connectivity index (χ0) is 15.0. The Morgan fingerprint density at radius 1 is 1.15 bits per heavy atom. The molecule has 0 heterocycles. The minimum atomic E-state index is -0.741. The predicted octanol–water partition coefficient (Wildman–Crippen LogP) is 3.36. The molecule has 3 heteroatoms. The van der Waals surface area contributed by atoms with Gasteiger partial charge in [-0.05, 0) is 43.1 Å². The molecule has 0 aromatic heterocycles. The molecule has 0 aliphatic rings. The Morgan fingerprint density at radius 3 is 2.30 bits per heavy atom. The minimum Gasteiger partial charge on any atom is -0.481 e. The summed E-state index contributed by atoms with van der Waals surface area (Å²) in [6, 6.07) is 9.73. The quantitative estimate of drug-likeness (QED) is 0.728. The Balaban J connectivity index is 2.53. The maximum atomic E-state index is 11.4. The lowest BCUT2D eigenvalue weighted by molar-refractivity contribution is -0.142. The molecule has 0 spiro atoms. The fourth-order valence-corrected chi connectivity index (χ4v) is 2.60. The van der Waals surface area contributed by atoms with Gasteiger partial charge in [0.25, 0.3) is 0 Å². The van der Waals surface area contributed by atoms with E-state index in [9.17, 15) is 15.0 Å². The summed E-state index contributed by atoms with van der Waals surface area (Å²) in [6.07, 6.45) is 2.92. The SMILES string of the molecule is CC(C)CC(CO)CCC(Cc1ccccc1)C(=O)O. The van der Waals surface area contributed by atoms with Crippen molar-refractivity contribution >= 4 is 5.97 Å². The van der Waals surface area contributed by atoms with Crippen molar-refractivity contribution in [2.75, 3.05) is 6.61 Å². The lowest BCUT2D eigenvalue weighted by Crippen LogP contribution is -2.19. The highest BCUT2D eigenvalue weighted by atomic mass is 16.4. The number of carbonyl (C=O) groups is 1. The Bertz CT molecular complexity index is 386. The van der Waals surface area contributed by atoms with Gasteiger partial charge in [-0.1, -0.05) is 44.2 Å². The molecular weight excluding hydrogens is 252 g/mol. The van der Waals surface area contributed by atoms with Gasteiger partial charge in [0.1, 0.15) is 0 Å². The number of hydrogen-bond acceptors (Lipinski definition) is 2. The third kappa shape index (κ3) is 6.20. The van der Waals surface area contributed by atoms with Gasteiger partial charge in [0.15, 0.2) is 0 Å². The maximum Gasteiger partial charge on any atom is 0.306 e. The number of aliphatic hydroxyl groups is 1. The number of aliphatic hydroxyl groups excluding tert-OH is 1. The van der Waals surface area contributed by atoms with Gasteiger partial charge in [-0.25, -0.2) is 0 Å². The first-order chi connectivity index (χ1) is 9.52. The lowest BCUT2D eigenvalue weighted by atomic mass is 9.87. The molecule has 112 valence electrons. The summed E-state index contributed by atoms with van der Waals surface area (Å²) in [4.78, 5) is 11.4. The average molecular weight is 278 g/mol. The van der Waals surface area contributed by atoms with Crippen LogP contribution in [0.3, 0.4) is 0 Å². The maximum absolute atomic E-state index is 11.4. The summed E-state index contributed by atoms with van der Waals surface area (Å²) < 4.78 is 0. The van der Waals surface area contributed by atoms with Crippen molar-refractivity contribution < 1.29 is 15.0 Å². The van der Waals surface area contributed by atoms with Crippen molar-refractivity contribution in [3.05, 3.63) is 35.9 Å². The van der Waals surface area contributed by atoms with E-state index in [1.165, 1.54) is 0 Å². The van der Waals surface area contributed by atoms with Gasteiger partial charge < -0.3 is 10.2 Å². The van der Waals surface area contributed by atoms with E-state index >= 15 is 0 Å². The number of hydrogen-bond donors (Lipinski definition) is 2. The summed E-state index contributed by atoms with van der Waals surface area (Å²) in [6.45, 7) is 4.40. The molecule has 1 aromatic rings. The largest absolute Gasteiger partial charge is 0.481 e. The topological polar surface area (TPSA) is 57.5 Å². The fraction of sp³-hybridized carbons (Fsp3) is 0.588. The molecule has 1 rings (SSSR count). The standard InChI is InChI=1S/C17H26O3/c1-13(2)10-15(12-18)8-9-16(17(19)20)11-14-6-4-3-5-7-14/h3-7,13,15-16,18H,8-12H2,1-2H3,(H,19,20). The molecule has 0 radical (unpaired) electrons. The highest BCUT2D eigenvalue weighted by molar-refractivity contribution is 5.70. The number of benzene rings is 1. The summed E-state index contributed by atoms with van der Waals surface area (Å²) >= 11 is 0. The molecule has 3 nitrogen and oxygen atoms in total. The second kappa shape index (κ2) is 8.75. The third-order valence-corrected chi connectivity index (χ3v) is 3.66. The Hall–Kier alpha value is -1.35. The number of carboxylic acid groups (broad SMARTS) is 1. The second-order valence-electron chi connectivity index (χ2n) is 5.98. The van der Waals surface area contributed by atoms with E-state index in [1.807, 2.05) is 30.3 Å². The molecule has 0 saturated heterocycles. The molecule has 2 unspecified atom stereocenters. The monoisotopic (exact) mass is 278 g/mol. The van der Waals surface area contributed by atoms with Crippen LogP contribution in [0.4, 0.5) is 0 Å². The van der Waals surface area contributed by atoms with Gasteiger partial charge in [-0.3, -0.25) is 4.79 Å². The van der Waals surface area contributed by atoms with Crippen LogP contribution in [-0.2, 0) is 11.2 Å². The van der Waals surface area contributed by atoms with E-state index in [2.05, 4.69) is 13.8 Å². The van der Waals surface area contributed by atoms with Crippen molar-refractivity contribution in [2.24, 2.45) is 17.8 Å². The van der Waals surface area contributed by atoms with Gasteiger partial charge in [-0.15, -0.1) is 0 Å². The molecular formula is C17H26O3. The van der Waals surface area contributed by atoms with Crippen molar-refractivity contribution in [1.29, 1.82) is 0 Å². The van der Waals surface area contributed by atoms with Crippen molar-refractivity contribution in [2.45, 2.75) is 39.5 Å². The van der Waals surface area contributed by atoms with Crippen LogP contribution in [0.1, 0.15) is 38.7 Å². The zero-order valence-corrected chi connectivity index (χ0v) is 12.5. The van der Waals surface area contributed by atoms with Gasteiger partial charge in [0.05, 0.1) is 5.92 Å². The predicted molar refractivity (Wildman–Crippen MR) is 80.5 cm³/mol. The summed E-state index contributed by atoms with van der Waals surface area (Å²) in [5, 5.41) is 18.7. The van der Waals surface area contributed by atoms with Crippen LogP contribution < -0.4 is 0 Å². The average Bonchev–Trinajstić information content (AvgIpc) is 2.42. The van der Waals surface area contributed by atoms with Gasteiger partial charge >= 0.3 is 5.97 Å². The van der Waals surface area contributed by atoms with E-state index in [4.69, 9.17) is 0 Å². The van der Waals surface area contributed by atoms with Crippen LogP contribution in [0.2, 0.25) is 0 Å². The number of rotatable bonds is 9. The van der Waals surface area contributed by atoms with E-state index in [1.54, 1.807) is 0 Å². The highest BCUT2D eigenvalue weighted by Gasteiger charge is 2.20. The zero-order valence-electron chi connectivity index (χ0n) is 12.5. The summed E-state index contributed by atoms with van der Waals surface area (Å²) in [5.74, 6) is -0.356. The number of carboxylic acids is 1.